The van der Waals surface area contributed by atoms with E-state index in [0.717, 1.165) is 17.7 Å². The van der Waals surface area contributed by atoms with Gasteiger partial charge in [0.1, 0.15) is 5.75 Å². The summed E-state index contributed by atoms with van der Waals surface area (Å²) in [6.07, 6.45) is -2.17. The van der Waals surface area contributed by atoms with Crippen molar-refractivity contribution >= 4 is 5.91 Å². The van der Waals surface area contributed by atoms with Gasteiger partial charge in [0.2, 0.25) is 0 Å². The molecule has 0 saturated heterocycles. The molecule has 2 rings (SSSR count). The number of hydrogen-bond acceptors (Lipinski definition) is 2. The van der Waals surface area contributed by atoms with Crippen molar-refractivity contribution in [3.63, 3.8) is 0 Å². The normalized spacial score (nSPS) is 11.0. The Kier molecular flexibility index (Phi) is 5.85. The molecule has 0 aliphatic heterocycles. The van der Waals surface area contributed by atoms with Gasteiger partial charge in [0.05, 0.1) is 12.7 Å². The molecule has 0 unspecified atom stereocenters. The molecule has 0 saturated carbocycles. The Labute approximate surface area is 144 Å². The summed E-state index contributed by atoms with van der Waals surface area (Å²) in [5.74, 6) is 0.278. The molecule has 1 amide bonds. The molecular formula is C19H18F3NO2. The van der Waals surface area contributed by atoms with Gasteiger partial charge in [-0.15, -0.1) is 6.58 Å². The first-order chi connectivity index (χ1) is 11.8. The number of halogens is 3. The molecule has 2 aromatic rings. The van der Waals surface area contributed by atoms with E-state index in [9.17, 15) is 18.0 Å². The number of nitrogens with one attached hydrogen (secondary N) is 1. The second kappa shape index (κ2) is 7.88. The summed E-state index contributed by atoms with van der Waals surface area (Å²) in [7, 11) is 1.54. The Bertz CT molecular complexity index is 770. The van der Waals surface area contributed by atoms with Gasteiger partial charge in [0.25, 0.3) is 5.91 Å². The lowest BCUT2D eigenvalue weighted by atomic mass is 10.1. The third-order valence-electron chi connectivity index (χ3n) is 3.61. The monoisotopic (exact) mass is 349 g/mol. The van der Waals surface area contributed by atoms with E-state index in [1.165, 1.54) is 19.2 Å². The summed E-state index contributed by atoms with van der Waals surface area (Å²) in [6, 6.07) is 9.84. The van der Waals surface area contributed by atoms with Gasteiger partial charge in [0, 0.05) is 12.1 Å². The Morgan fingerprint density at radius 3 is 2.64 bits per heavy atom. The van der Waals surface area contributed by atoms with Crippen LogP contribution in [-0.2, 0) is 19.1 Å². The molecule has 0 radical (unpaired) electrons. The summed E-state index contributed by atoms with van der Waals surface area (Å²) in [6.45, 7) is 3.67. The highest BCUT2D eigenvalue weighted by atomic mass is 19.4. The lowest BCUT2D eigenvalue weighted by Crippen LogP contribution is -2.23. The molecule has 0 aliphatic rings. The van der Waals surface area contributed by atoms with Crippen LogP contribution >= 0.6 is 0 Å². The maximum Gasteiger partial charge on any atom is 0.416 e. The molecule has 0 aliphatic carbocycles. The molecule has 0 bridgehead atoms. The van der Waals surface area contributed by atoms with Crippen LogP contribution in [0.5, 0.6) is 5.75 Å². The summed E-state index contributed by atoms with van der Waals surface area (Å²) in [5.41, 5.74) is 0.855. The Balaban J connectivity index is 2.10. The molecule has 132 valence electrons. The maximum atomic E-state index is 12.7. The largest absolute Gasteiger partial charge is 0.496 e. The van der Waals surface area contributed by atoms with Gasteiger partial charge in [0.15, 0.2) is 0 Å². The van der Waals surface area contributed by atoms with Gasteiger partial charge < -0.3 is 10.1 Å². The van der Waals surface area contributed by atoms with Crippen molar-refractivity contribution in [1.29, 1.82) is 0 Å². The Morgan fingerprint density at radius 2 is 2.00 bits per heavy atom. The third kappa shape index (κ3) is 4.86. The summed E-state index contributed by atoms with van der Waals surface area (Å²) >= 11 is 0. The Morgan fingerprint density at radius 1 is 1.24 bits per heavy atom. The predicted molar refractivity (Wildman–Crippen MR) is 89.5 cm³/mol. The zero-order chi connectivity index (χ0) is 18.4. The number of allylic oxidation sites excluding steroid dienone is 1. The van der Waals surface area contributed by atoms with E-state index in [4.69, 9.17) is 4.74 Å². The number of carbonyl (C=O) groups is 1. The first-order valence-corrected chi connectivity index (χ1v) is 7.57. The van der Waals surface area contributed by atoms with Crippen LogP contribution < -0.4 is 10.1 Å². The molecule has 0 atom stereocenters. The molecule has 0 aromatic heterocycles. The Hall–Kier alpha value is -2.76. The molecule has 1 N–H and O–H groups in total. The first-order valence-electron chi connectivity index (χ1n) is 7.57. The van der Waals surface area contributed by atoms with E-state index in [-0.39, 0.29) is 12.5 Å². The van der Waals surface area contributed by atoms with Crippen LogP contribution in [0, 0.1) is 0 Å². The van der Waals surface area contributed by atoms with Crippen LogP contribution in [-0.4, -0.2) is 13.0 Å². The fraction of sp³-hybridized carbons (Fsp3) is 0.211. The van der Waals surface area contributed by atoms with Gasteiger partial charge in [-0.3, -0.25) is 4.79 Å². The van der Waals surface area contributed by atoms with Gasteiger partial charge in [-0.2, -0.15) is 13.2 Å². The zero-order valence-corrected chi connectivity index (χ0v) is 13.7. The number of ether oxygens (including phenoxy) is 1. The van der Waals surface area contributed by atoms with Crippen molar-refractivity contribution in [2.75, 3.05) is 7.11 Å². The van der Waals surface area contributed by atoms with Crippen LogP contribution in [0.3, 0.4) is 0 Å². The van der Waals surface area contributed by atoms with Crippen molar-refractivity contribution in [3.8, 4) is 5.75 Å². The van der Waals surface area contributed by atoms with Crippen molar-refractivity contribution in [2.24, 2.45) is 0 Å². The molecular weight excluding hydrogens is 331 g/mol. The van der Waals surface area contributed by atoms with Crippen LogP contribution in [0.25, 0.3) is 0 Å². The standard InChI is InChI=1S/C19H18F3NO2/c1-3-5-14-11-15(8-9-17(14)25-2)18(24)23-12-13-6-4-7-16(10-13)19(20,21)22/h3-4,6-11H,1,5,12H2,2H3,(H,23,24). The highest BCUT2D eigenvalue weighted by molar-refractivity contribution is 5.94. The second-order valence-electron chi connectivity index (χ2n) is 5.40. The number of alkyl halides is 3. The van der Waals surface area contributed by atoms with Crippen molar-refractivity contribution < 1.29 is 22.7 Å². The molecule has 0 spiro atoms. The highest BCUT2D eigenvalue weighted by Gasteiger charge is 2.30. The number of methoxy groups -OCH3 is 1. The molecule has 2 aromatic carbocycles. The predicted octanol–water partition coefficient (Wildman–Crippen LogP) is 4.37. The second-order valence-corrected chi connectivity index (χ2v) is 5.40. The number of benzene rings is 2. The summed E-state index contributed by atoms with van der Waals surface area (Å²) < 4.78 is 43.4. The van der Waals surface area contributed by atoms with Gasteiger partial charge in [-0.1, -0.05) is 18.2 Å². The molecule has 3 nitrogen and oxygen atoms in total. The van der Waals surface area contributed by atoms with Crippen LogP contribution in [0.15, 0.2) is 55.1 Å². The average Bonchev–Trinajstić information content (AvgIpc) is 2.59. The van der Waals surface area contributed by atoms with Crippen LogP contribution in [0.1, 0.15) is 27.0 Å². The fourth-order valence-corrected chi connectivity index (χ4v) is 2.38. The van der Waals surface area contributed by atoms with E-state index in [1.54, 1.807) is 24.3 Å². The fourth-order valence-electron chi connectivity index (χ4n) is 2.38. The quantitative estimate of drug-likeness (QED) is 0.787. The molecule has 0 fully saturated rings. The molecule has 0 heterocycles. The van der Waals surface area contributed by atoms with E-state index in [1.807, 2.05) is 0 Å². The van der Waals surface area contributed by atoms with Gasteiger partial charge >= 0.3 is 6.18 Å². The average molecular weight is 349 g/mol. The molecule has 6 heteroatoms. The summed E-state index contributed by atoms with van der Waals surface area (Å²) in [4.78, 5) is 12.3. The van der Waals surface area contributed by atoms with Gasteiger partial charge in [-0.25, -0.2) is 0 Å². The molecule has 25 heavy (non-hydrogen) atoms. The van der Waals surface area contributed by atoms with Crippen LogP contribution in [0.4, 0.5) is 13.2 Å². The van der Waals surface area contributed by atoms with Crippen molar-refractivity contribution in [2.45, 2.75) is 19.1 Å². The SMILES string of the molecule is C=CCc1cc(C(=O)NCc2cccc(C(F)(F)F)c2)ccc1OC. The smallest absolute Gasteiger partial charge is 0.416 e. The minimum atomic E-state index is -4.41. The third-order valence-corrected chi connectivity index (χ3v) is 3.61. The lowest BCUT2D eigenvalue weighted by Gasteiger charge is -2.11. The van der Waals surface area contributed by atoms with E-state index >= 15 is 0 Å². The number of rotatable bonds is 6. The first kappa shape index (κ1) is 18.6. The number of hydrogen-bond donors (Lipinski definition) is 1. The van der Waals surface area contributed by atoms with Crippen LogP contribution in [0.2, 0.25) is 0 Å². The lowest BCUT2D eigenvalue weighted by molar-refractivity contribution is -0.137. The number of carbonyl (C=O) groups excluding carboxylic acids is 1. The van der Waals surface area contributed by atoms with Gasteiger partial charge in [-0.05, 0) is 47.9 Å². The maximum absolute atomic E-state index is 12.7. The topological polar surface area (TPSA) is 38.3 Å². The minimum Gasteiger partial charge on any atom is -0.496 e. The minimum absolute atomic E-state index is 0.00553. The van der Waals surface area contributed by atoms with E-state index in [2.05, 4.69) is 11.9 Å². The highest BCUT2D eigenvalue weighted by Crippen LogP contribution is 2.29. The van der Waals surface area contributed by atoms with Crippen molar-refractivity contribution in [3.05, 3.63) is 77.4 Å². The number of amides is 1. The van der Waals surface area contributed by atoms with Crippen molar-refractivity contribution in [1.82, 2.24) is 5.32 Å². The van der Waals surface area contributed by atoms with E-state index in [0.29, 0.717) is 23.3 Å². The zero-order valence-electron chi connectivity index (χ0n) is 13.7. The summed E-state index contributed by atoms with van der Waals surface area (Å²) in [5, 5.41) is 2.63. The van der Waals surface area contributed by atoms with E-state index < -0.39 is 11.7 Å².